The van der Waals surface area contributed by atoms with E-state index in [-0.39, 0.29) is 12.5 Å². The van der Waals surface area contributed by atoms with Crippen molar-refractivity contribution in [2.24, 2.45) is 4.99 Å². The molecule has 0 bridgehead atoms. The van der Waals surface area contributed by atoms with E-state index in [9.17, 15) is 4.79 Å². The van der Waals surface area contributed by atoms with Crippen molar-refractivity contribution in [3.05, 3.63) is 24.4 Å². The molecule has 1 amide bonds. The predicted octanol–water partition coefficient (Wildman–Crippen LogP) is -0.0220. The first-order valence-corrected chi connectivity index (χ1v) is 8.61. The van der Waals surface area contributed by atoms with Crippen molar-refractivity contribution < 1.29 is 9.53 Å². The van der Waals surface area contributed by atoms with Crippen molar-refractivity contribution in [2.45, 2.75) is 18.9 Å². The number of methoxy groups -OCH3 is 1. The lowest BCUT2D eigenvalue weighted by Gasteiger charge is -2.33. The largest absolute Gasteiger partial charge is 0.383 e. The fraction of sp³-hybridized carbons (Fsp3) is 0.588. The van der Waals surface area contributed by atoms with Crippen LogP contribution in [0.25, 0.3) is 0 Å². The van der Waals surface area contributed by atoms with Crippen LogP contribution in [0.2, 0.25) is 0 Å². The highest BCUT2D eigenvalue weighted by Crippen LogP contribution is 2.17. The topological polar surface area (TPSA) is 90.9 Å². The van der Waals surface area contributed by atoms with Gasteiger partial charge in [-0.3, -0.25) is 9.79 Å². The number of piperidine rings is 1. The molecule has 1 aromatic heterocycles. The Balaban J connectivity index is 1.69. The summed E-state index contributed by atoms with van der Waals surface area (Å²) in [6.07, 6.45) is 3.82. The second kappa shape index (κ2) is 10.5. The molecule has 0 unspecified atom stereocenters. The molecule has 8 nitrogen and oxygen atoms in total. The molecule has 0 atom stereocenters. The summed E-state index contributed by atoms with van der Waals surface area (Å²) in [5.74, 6) is 1.60. The smallest absolute Gasteiger partial charge is 0.239 e. The molecule has 1 aromatic rings. The minimum Gasteiger partial charge on any atom is -0.383 e. The van der Waals surface area contributed by atoms with Crippen molar-refractivity contribution in [1.82, 2.24) is 20.9 Å². The Morgan fingerprint density at radius 2 is 2.16 bits per heavy atom. The van der Waals surface area contributed by atoms with Crippen molar-refractivity contribution in [1.29, 1.82) is 0 Å². The maximum absolute atomic E-state index is 11.7. The number of aromatic nitrogens is 1. The summed E-state index contributed by atoms with van der Waals surface area (Å²) < 4.78 is 4.90. The third-order valence-corrected chi connectivity index (χ3v) is 4.08. The number of hydrogen-bond acceptors (Lipinski definition) is 5. The zero-order valence-corrected chi connectivity index (χ0v) is 15.0. The fourth-order valence-electron chi connectivity index (χ4n) is 2.70. The molecule has 8 heteroatoms. The zero-order valence-electron chi connectivity index (χ0n) is 15.0. The number of carbonyl (C=O) groups is 1. The summed E-state index contributed by atoms with van der Waals surface area (Å²) in [5, 5.41) is 9.20. The van der Waals surface area contributed by atoms with E-state index < -0.39 is 0 Å². The Morgan fingerprint density at radius 3 is 2.80 bits per heavy atom. The van der Waals surface area contributed by atoms with Gasteiger partial charge in [-0.15, -0.1) is 0 Å². The first kappa shape index (κ1) is 19.0. The Labute approximate surface area is 149 Å². The van der Waals surface area contributed by atoms with E-state index in [1.165, 1.54) is 0 Å². The maximum atomic E-state index is 11.7. The van der Waals surface area contributed by atoms with Crippen molar-refractivity contribution in [3.8, 4) is 0 Å². The molecule has 0 radical (unpaired) electrons. The average Bonchev–Trinajstić information content (AvgIpc) is 2.66. The van der Waals surface area contributed by atoms with E-state index in [0.29, 0.717) is 25.2 Å². The van der Waals surface area contributed by atoms with Crippen molar-refractivity contribution >= 4 is 17.7 Å². The highest BCUT2D eigenvalue weighted by Gasteiger charge is 2.20. The Bertz CT molecular complexity index is 543. The Hall–Kier alpha value is -2.35. The fourth-order valence-corrected chi connectivity index (χ4v) is 2.70. The molecule has 1 aliphatic heterocycles. The number of aliphatic imine (C=N–C) groups is 1. The second-order valence-corrected chi connectivity index (χ2v) is 5.86. The summed E-state index contributed by atoms with van der Waals surface area (Å²) in [7, 11) is 3.32. The molecule has 0 aromatic carbocycles. The minimum atomic E-state index is -0.0787. The number of nitrogens with one attached hydrogen (secondary N) is 3. The standard InChI is InChI=1S/C17H28N6O2/c1-18-17(21-13-16(24)20-9-12-25-2)22-14-6-10-23(11-7-14)15-5-3-4-8-19-15/h3-5,8,14H,6-7,9-13H2,1-2H3,(H,20,24)(H2,18,21,22). The summed E-state index contributed by atoms with van der Waals surface area (Å²) >= 11 is 0. The van der Waals surface area contributed by atoms with Crippen LogP contribution in [0, 0.1) is 0 Å². The number of hydrogen-bond donors (Lipinski definition) is 3. The van der Waals surface area contributed by atoms with Gasteiger partial charge >= 0.3 is 0 Å². The van der Waals surface area contributed by atoms with E-state index in [2.05, 4.69) is 30.8 Å². The third-order valence-electron chi connectivity index (χ3n) is 4.08. The highest BCUT2D eigenvalue weighted by molar-refractivity contribution is 5.86. The monoisotopic (exact) mass is 348 g/mol. The zero-order chi connectivity index (χ0) is 17.9. The molecule has 138 valence electrons. The van der Waals surface area contributed by atoms with Gasteiger partial charge in [0.15, 0.2) is 5.96 Å². The van der Waals surface area contributed by atoms with E-state index >= 15 is 0 Å². The number of carbonyl (C=O) groups excluding carboxylic acids is 1. The molecule has 2 heterocycles. The number of nitrogens with zero attached hydrogens (tertiary/aromatic N) is 3. The lowest BCUT2D eigenvalue weighted by Crippen LogP contribution is -2.50. The molecule has 2 rings (SSSR count). The second-order valence-electron chi connectivity index (χ2n) is 5.86. The number of pyridine rings is 1. The van der Waals surface area contributed by atoms with Crippen LogP contribution >= 0.6 is 0 Å². The average molecular weight is 348 g/mol. The summed E-state index contributed by atoms with van der Waals surface area (Å²) in [6.45, 7) is 3.10. The van der Waals surface area contributed by atoms with Gasteiger partial charge < -0.3 is 25.6 Å². The SMILES string of the molecule is CN=C(NCC(=O)NCCOC)NC1CCN(c2ccccn2)CC1. The molecule has 3 N–H and O–H groups in total. The van der Waals surface area contributed by atoms with Gasteiger partial charge in [0.25, 0.3) is 0 Å². The number of guanidine groups is 1. The molecule has 25 heavy (non-hydrogen) atoms. The molecular weight excluding hydrogens is 320 g/mol. The summed E-state index contributed by atoms with van der Waals surface area (Å²) in [6, 6.07) is 6.31. The van der Waals surface area contributed by atoms with Gasteiger partial charge in [0, 0.05) is 46.0 Å². The van der Waals surface area contributed by atoms with Gasteiger partial charge in [-0.05, 0) is 25.0 Å². The highest BCUT2D eigenvalue weighted by atomic mass is 16.5. The number of rotatable bonds is 7. The number of amides is 1. The Kier molecular flexibility index (Phi) is 7.97. The first-order chi connectivity index (χ1) is 12.2. The van der Waals surface area contributed by atoms with E-state index in [1.54, 1.807) is 14.2 Å². The molecule has 0 aliphatic carbocycles. The van der Waals surface area contributed by atoms with Gasteiger partial charge in [-0.2, -0.15) is 0 Å². The van der Waals surface area contributed by atoms with Crippen molar-refractivity contribution in [2.75, 3.05) is 51.8 Å². The maximum Gasteiger partial charge on any atom is 0.239 e. The van der Waals surface area contributed by atoms with E-state index in [4.69, 9.17) is 4.74 Å². The van der Waals surface area contributed by atoms with Gasteiger partial charge in [0.2, 0.25) is 5.91 Å². The third kappa shape index (κ3) is 6.58. The van der Waals surface area contributed by atoms with Crippen LogP contribution in [0.4, 0.5) is 5.82 Å². The van der Waals surface area contributed by atoms with Gasteiger partial charge in [0.05, 0.1) is 13.2 Å². The lowest BCUT2D eigenvalue weighted by atomic mass is 10.1. The molecule has 0 spiro atoms. The quantitative estimate of drug-likeness (QED) is 0.364. The number of ether oxygens (including phenoxy) is 1. The Morgan fingerprint density at radius 1 is 1.36 bits per heavy atom. The normalized spacial score (nSPS) is 15.8. The van der Waals surface area contributed by atoms with Crippen LogP contribution in [0.1, 0.15) is 12.8 Å². The molecule has 1 aliphatic rings. The van der Waals surface area contributed by atoms with Crippen LogP contribution < -0.4 is 20.9 Å². The lowest BCUT2D eigenvalue weighted by molar-refractivity contribution is -0.120. The van der Waals surface area contributed by atoms with Crippen LogP contribution in [0.15, 0.2) is 29.4 Å². The molecule has 1 fully saturated rings. The van der Waals surface area contributed by atoms with Crippen LogP contribution in [0.3, 0.4) is 0 Å². The summed E-state index contributed by atoms with van der Waals surface area (Å²) in [5.41, 5.74) is 0. The summed E-state index contributed by atoms with van der Waals surface area (Å²) in [4.78, 5) is 22.6. The molecule has 1 saturated heterocycles. The van der Waals surface area contributed by atoms with Crippen LogP contribution in [-0.2, 0) is 9.53 Å². The van der Waals surface area contributed by atoms with E-state index in [0.717, 1.165) is 31.7 Å². The van der Waals surface area contributed by atoms with Crippen LogP contribution in [0.5, 0.6) is 0 Å². The van der Waals surface area contributed by atoms with Crippen LogP contribution in [-0.4, -0.2) is 69.8 Å². The van der Waals surface area contributed by atoms with Gasteiger partial charge in [0.1, 0.15) is 5.82 Å². The molecule has 0 saturated carbocycles. The van der Waals surface area contributed by atoms with Crippen molar-refractivity contribution in [3.63, 3.8) is 0 Å². The minimum absolute atomic E-state index is 0.0787. The van der Waals surface area contributed by atoms with Gasteiger partial charge in [-0.25, -0.2) is 4.98 Å². The molecular formula is C17H28N6O2. The number of anilines is 1. The van der Waals surface area contributed by atoms with E-state index in [1.807, 2.05) is 24.4 Å². The predicted molar refractivity (Wildman–Crippen MR) is 98.9 cm³/mol. The first-order valence-electron chi connectivity index (χ1n) is 8.61. The van der Waals surface area contributed by atoms with Gasteiger partial charge in [-0.1, -0.05) is 6.07 Å².